The molecule has 1 amide bonds. The van der Waals surface area contributed by atoms with Gasteiger partial charge in [0.15, 0.2) is 5.96 Å². The van der Waals surface area contributed by atoms with E-state index in [0.717, 1.165) is 64.2 Å². The van der Waals surface area contributed by atoms with E-state index in [0.29, 0.717) is 18.9 Å². The van der Waals surface area contributed by atoms with E-state index in [1.54, 1.807) is 0 Å². The molecule has 1 unspecified atom stereocenters. The topological polar surface area (TPSA) is 77.0 Å². The van der Waals surface area contributed by atoms with Gasteiger partial charge in [0.2, 0.25) is 5.91 Å². The lowest BCUT2D eigenvalue weighted by Crippen LogP contribution is -2.41. The van der Waals surface area contributed by atoms with Crippen molar-refractivity contribution >= 4 is 11.9 Å². The Morgan fingerprint density at radius 3 is 2.71 bits per heavy atom. The number of guanidine groups is 1. The number of carbonyl (C=O) groups excluding carboxylic acids is 1. The van der Waals surface area contributed by atoms with Crippen LogP contribution in [0.25, 0.3) is 0 Å². The second kappa shape index (κ2) is 9.92. The first-order valence-electron chi connectivity index (χ1n) is 10.6. The van der Waals surface area contributed by atoms with Gasteiger partial charge in [-0.2, -0.15) is 0 Å². The third-order valence-corrected chi connectivity index (χ3v) is 5.78. The molecule has 1 aliphatic carbocycles. The molecule has 1 atom stereocenters. The van der Waals surface area contributed by atoms with E-state index in [1.807, 2.05) is 30.0 Å². The van der Waals surface area contributed by atoms with Gasteiger partial charge >= 0.3 is 0 Å². The second-order valence-corrected chi connectivity index (χ2v) is 8.15. The predicted molar refractivity (Wildman–Crippen MR) is 112 cm³/mol. The Balaban J connectivity index is 1.45. The van der Waals surface area contributed by atoms with Crippen LogP contribution in [0.15, 0.2) is 35.3 Å². The van der Waals surface area contributed by atoms with Gasteiger partial charge in [0.25, 0.3) is 0 Å². The fourth-order valence-electron chi connectivity index (χ4n) is 4.12. The molecule has 0 bridgehead atoms. The fourth-order valence-corrected chi connectivity index (χ4v) is 4.12. The number of nitrogens with zero attached hydrogens (tertiary/aromatic N) is 2. The van der Waals surface area contributed by atoms with Crippen molar-refractivity contribution < 1.29 is 9.90 Å². The molecule has 0 radical (unpaired) electrons. The highest BCUT2D eigenvalue weighted by atomic mass is 16.3. The molecule has 1 heterocycles. The van der Waals surface area contributed by atoms with Crippen molar-refractivity contribution in [3.63, 3.8) is 0 Å². The van der Waals surface area contributed by atoms with Gasteiger partial charge in [-0.25, -0.2) is 0 Å². The van der Waals surface area contributed by atoms with Crippen molar-refractivity contribution in [1.29, 1.82) is 0 Å². The van der Waals surface area contributed by atoms with E-state index in [1.165, 1.54) is 5.56 Å². The monoisotopic (exact) mass is 386 g/mol. The summed E-state index contributed by atoms with van der Waals surface area (Å²) >= 11 is 0. The van der Waals surface area contributed by atoms with Crippen LogP contribution in [-0.2, 0) is 11.2 Å². The SMILES string of the molecule is CCNC(=NCC1(O)CCCC1)NCC1CC(=O)N(CCc2ccccc2)C1. The maximum Gasteiger partial charge on any atom is 0.223 e. The molecular weight excluding hydrogens is 352 g/mol. The molecule has 1 aliphatic heterocycles. The van der Waals surface area contributed by atoms with Gasteiger partial charge in [0.05, 0.1) is 12.1 Å². The van der Waals surface area contributed by atoms with E-state index in [2.05, 4.69) is 27.8 Å². The summed E-state index contributed by atoms with van der Waals surface area (Å²) in [6.45, 7) is 5.54. The molecular formula is C22H34N4O2. The molecule has 1 aromatic carbocycles. The summed E-state index contributed by atoms with van der Waals surface area (Å²) in [5, 5.41) is 17.1. The lowest BCUT2D eigenvalue weighted by molar-refractivity contribution is -0.127. The molecule has 154 valence electrons. The molecule has 1 saturated carbocycles. The summed E-state index contributed by atoms with van der Waals surface area (Å²) in [6, 6.07) is 10.3. The number of benzene rings is 1. The minimum Gasteiger partial charge on any atom is -0.388 e. The van der Waals surface area contributed by atoms with Gasteiger partial charge in [0.1, 0.15) is 0 Å². The molecule has 6 nitrogen and oxygen atoms in total. The van der Waals surface area contributed by atoms with Crippen LogP contribution < -0.4 is 10.6 Å². The number of aliphatic imine (C=N–C) groups is 1. The molecule has 28 heavy (non-hydrogen) atoms. The number of aliphatic hydroxyl groups is 1. The normalized spacial score (nSPS) is 21.9. The number of hydrogen-bond acceptors (Lipinski definition) is 3. The first-order valence-corrected chi connectivity index (χ1v) is 10.6. The van der Waals surface area contributed by atoms with Crippen molar-refractivity contribution in [3.8, 4) is 0 Å². The van der Waals surface area contributed by atoms with E-state index in [-0.39, 0.29) is 5.91 Å². The van der Waals surface area contributed by atoms with Crippen molar-refractivity contribution in [3.05, 3.63) is 35.9 Å². The number of rotatable bonds is 8. The number of carbonyl (C=O) groups is 1. The molecule has 3 rings (SSSR count). The molecule has 1 saturated heterocycles. The number of likely N-dealkylation sites (tertiary alicyclic amines) is 1. The van der Waals surface area contributed by atoms with Gasteiger partial charge in [0, 0.05) is 38.5 Å². The first kappa shape index (κ1) is 20.6. The van der Waals surface area contributed by atoms with E-state index >= 15 is 0 Å². The summed E-state index contributed by atoms with van der Waals surface area (Å²) in [4.78, 5) is 18.9. The van der Waals surface area contributed by atoms with Crippen LogP contribution in [0.5, 0.6) is 0 Å². The summed E-state index contributed by atoms with van der Waals surface area (Å²) in [5.41, 5.74) is 0.628. The fraction of sp³-hybridized carbons (Fsp3) is 0.636. The molecule has 3 N–H and O–H groups in total. The van der Waals surface area contributed by atoms with Crippen LogP contribution >= 0.6 is 0 Å². The first-order chi connectivity index (χ1) is 13.6. The van der Waals surface area contributed by atoms with Crippen LogP contribution in [0.4, 0.5) is 0 Å². The Morgan fingerprint density at radius 2 is 2.00 bits per heavy atom. The predicted octanol–water partition coefficient (Wildman–Crippen LogP) is 1.94. The largest absolute Gasteiger partial charge is 0.388 e. The standard InChI is InChI=1S/C22H34N4O2/c1-2-23-21(25-17-22(28)11-6-7-12-22)24-15-19-14-20(27)26(16-19)13-10-18-8-4-3-5-9-18/h3-5,8-9,19,28H,2,6-7,10-17H2,1H3,(H2,23,24,25). The molecule has 0 aromatic heterocycles. The van der Waals surface area contributed by atoms with Crippen LogP contribution in [0, 0.1) is 5.92 Å². The van der Waals surface area contributed by atoms with Gasteiger partial charge in [-0.15, -0.1) is 0 Å². The van der Waals surface area contributed by atoms with Crippen molar-refractivity contribution in [1.82, 2.24) is 15.5 Å². The van der Waals surface area contributed by atoms with Gasteiger partial charge in [-0.1, -0.05) is 43.2 Å². The average molecular weight is 387 g/mol. The Bertz CT molecular complexity index is 656. The smallest absolute Gasteiger partial charge is 0.223 e. The number of hydrogen-bond donors (Lipinski definition) is 3. The summed E-state index contributed by atoms with van der Waals surface area (Å²) in [7, 11) is 0. The number of amides is 1. The third-order valence-electron chi connectivity index (χ3n) is 5.78. The minimum atomic E-state index is -0.639. The van der Waals surface area contributed by atoms with Crippen LogP contribution in [0.1, 0.15) is 44.6 Å². The van der Waals surface area contributed by atoms with E-state index in [9.17, 15) is 9.90 Å². The van der Waals surface area contributed by atoms with Crippen molar-refractivity contribution in [2.75, 3.05) is 32.7 Å². The second-order valence-electron chi connectivity index (χ2n) is 8.15. The van der Waals surface area contributed by atoms with Crippen molar-refractivity contribution in [2.45, 2.75) is 51.0 Å². The Kier molecular flexibility index (Phi) is 7.31. The third kappa shape index (κ3) is 5.96. The zero-order valence-corrected chi connectivity index (χ0v) is 17.0. The lowest BCUT2D eigenvalue weighted by Gasteiger charge is -2.21. The number of nitrogens with one attached hydrogen (secondary N) is 2. The Morgan fingerprint density at radius 1 is 1.25 bits per heavy atom. The highest BCUT2D eigenvalue weighted by molar-refractivity contribution is 5.81. The Hall–Kier alpha value is -2.08. The van der Waals surface area contributed by atoms with Crippen LogP contribution in [0.3, 0.4) is 0 Å². The molecule has 2 aliphatic rings. The van der Waals surface area contributed by atoms with Gasteiger partial charge < -0.3 is 20.6 Å². The summed E-state index contributed by atoms with van der Waals surface area (Å²) < 4.78 is 0. The van der Waals surface area contributed by atoms with Crippen molar-refractivity contribution in [2.24, 2.45) is 10.9 Å². The van der Waals surface area contributed by atoms with Gasteiger partial charge in [-0.3, -0.25) is 9.79 Å². The molecule has 0 spiro atoms. The van der Waals surface area contributed by atoms with E-state index in [4.69, 9.17) is 0 Å². The quantitative estimate of drug-likeness (QED) is 0.471. The highest BCUT2D eigenvalue weighted by Crippen LogP contribution is 2.29. The zero-order valence-electron chi connectivity index (χ0n) is 17.0. The summed E-state index contributed by atoms with van der Waals surface area (Å²) in [5.74, 6) is 1.27. The zero-order chi connectivity index (χ0) is 19.8. The minimum absolute atomic E-state index is 0.241. The van der Waals surface area contributed by atoms with Crippen LogP contribution in [-0.4, -0.2) is 60.2 Å². The average Bonchev–Trinajstić information content (AvgIpc) is 3.29. The molecule has 1 aromatic rings. The van der Waals surface area contributed by atoms with Gasteiger partial charge in [-0.05, 0) is 31.7 Å². The molecule has 6 heteroatoms. The maximum atomic E-state index is 12.3. The summed E-state index contributed by atoms with van der Waals surface area (Å²) in [6.07, 6.45) is 5.32. The maximum absolute atomic E-state index is 12.3. The molecule has 2 fully saturated rings. The lowest BCUT2D eigenvalue weighted by atomic mass is 10.0. The van der Waals surface area contributed by atoms with E-state index < -0.39 is 5.60 Å². The highest BCUT2D eigenvalue weighted by Gasteiger charge is 2.31. The van der Waals surface area contributed by atoms with Crippen LogP contribution in [0.2, 0.25) is 0 Å². The Labute approximate surface area is 168 Å².